The maximum Gasteiger partial charge on any atom is 0.276 e. The summed E-state index contributed by atoms with van der Waals surface area (Å²) < 4.78 is 5.28. The third-order valence-corrected chi connectivity index (χ3v) is 4.28. The van der Waals surface area contributed by atoms with E-state index in [4.69, 9.17) is 16.0 Å². The topological polar surface area (TPSA) is 104 Å². The fourth-order valence-corrected chi connectivity index (χ4v) is 2.87. The number of aliphatic hydroxyl groups is 1. The van der Waals surface area contributed by atoms with Gasteiger partial charge in [-0.1, -0.05) is 29.8 Å². The van der Waals surface area contributed by atoms with Crippen LogP contribution in [0.2, 0.25) is 5.02 Å². The number of nitrogens with zero attached hydrogens (tertiary/aromatic N) is 2. The quantitative estimate of drug-likeness (QED) is 0.353. The Hall–Kier alpha value is -3.42. The van der Waals surface area contributed by atoms with Gasteiger partial charge in [0, 0.05) is 5.02 Å². The molecule has 0 amide bonds. The van der Waals surface area contributed by atoms with E-state index in [9.17, 15) is 9.90 Å². The Morgan fingerprint density at radius 3 is 2.75 bits per heavy atom. The summed E-state index contributed by atoms with van der Waals surface area (Å²) in [4.78, 5) is 19.8. The van der Waals surface area contributed by atoms with Gasteiger partial charge >= 0.3 is 0 Å². The molecule has 0 spiro atoms. The van der Waals surface area contributed by atoms with E-state index in [1.165, 1.54) is 6.26 Å². The number of hydrogen-bond acceptors (Lipinski definition) is 6. The molecule has 2 aromatic carbocycles. The van der Waals surface area contributed by atoms with Crippen molar-refractivity contribution < 1.29 is 9.52 Å². The first-order chi connectivity index (χ1) is 13.6. The first-order valence-electron chi connectivity index (χ1n) is 8.42. The molecule has 1 atom stereocenters. The van der Waals surface area contributed by atoms with Crippen molar-refractivity contribution in [1.29, 1.82) is 0 Å². The van der Waals surface area contributed by atoms with Crippen LogP contribution in [0.5, 0.6) is 0 Å². The molecule has 4 rings (SSSR count). The predicted octanol–water partition coefficient (Wildman–Crippen LogP) is 3.72. The minimum absolute atomic E-state index is 0.0249. The van der Waals surface area contributed by atoms with Gasteiger partial charge in [-0.3, -0.25) is 10.2 Å². The predicted molar refractivity (Wildman–Crippen MR) is 108 cm³/mol. The molecule has 8 heteroatoms. The van der Waals surface area contributed by atoms with Crippen LogP contribution in [0.1, 0.15) is 17.6 Å². The number of rotatable bonds is 5. The highest BCUT2D eigenvalue weighted by molar-refractivity contribution is 6.31. The molecule has 2 aromatic heterocycles. The molecule has 0 aliphatic heterocycles. The van der Waals surface area contributed by atoms with Crippen molar-refractivity contribution in [3.8, 4) is 0 Å². The lowest BCUT2D eigenvalue weighted by Gasteiger charge is -2.12. The van der Waals surface area contributed by atoms with E-state index in [1.807, 2.05) is 18.2 Å². The van der Waals surface area contributed by atoms with Gasteiger partial charge in [-0.2, -0.15) is 5.10 Å². The second-order valence-corrected chi connectivity index (χ2v) is 6.41. The zero-order valence-electron chi connectivity index (χ0n) is 14.5. The fourth-order valence-electron chi connectivity index (χ4n) is 2.69. The molecular formula is C20H15ClN4O3. The Morgan fingerprint density at radius 1 is 1.18 bits per heavy atom. The van der Waals surface area contributed by atoms with E-state index in [2.05, 4.69) is 20.5 Å². The summed E-state index contributed by atoms with van der Waals surface area (Å²) in [6.07, 6.45) is 0.144. The average Bonchev–Trinajstić information content (AvgIpc) is 3.24. The van der Waals surface area contributed by atoms with E-state index in [0.29, 0.717) is 21.7 Å². The maximum atomic E-state index is 12.7. The number of aromatic nitrogens is 2. The Bertz CT molecular complexity index is 1190. The largest absolute Gasteiger partial charge is 0.466 e. The second kappa shape index (κ2) is 7.67. The molecular weight excluding hydrogens is 380 g/mol. The van der Waals surface area contributed by atoms with Crippen molar-refractivity contribution in [2.24, 2.45) is 5.10 Å². The van der Waals surface area contributed by atoms with Gasteiger partial charge in [0.25, 0.3) is 5.56 Å². The number of hydrazone groups is 1. The molecule has 140 valence electrons. The van der Waals surface area contributed by atoms with E-state index >= 15 is 0 Å². The summed E-state index contributed by atoms with van der Waals surface area (Å²) in [7, 11) is 0. The van der Waals surface area contributed by atoms with Gasteiger partial charge in [-0.15, -0.1) is 0 Å². The average molecular weight is 395 g/mol. The molecule has 28 heavy (non-hydrogen) atoms. The van der Waals surface area contributed by atoms with Gasteiger partial charge in [-0.05, 0) is 42.5 Å². The fraction of sp³-hybridized carbons (Fsp3) is 0.0500. The van der Waals surface area contributed by atoms with E-state index < -0.39 is 11.7 Å². The number of aliphatic hydroxyl groups excluding tert-OH is 1. The highest BCUT2D eigenvalue weighted by atomic mass is 35.5. The smallest absolute Gasteiger partial charge is 0.276 e. The number of halogens is 1. The van der Waals surface area contributed by atoms with Crippen LogP contribution >= 0.6 is 11.6 Å². The normalized spacial score (nSPS) is 12.9. The van der Waals surface area contributed by atoms with Crippen LogP contribution in [0.3, 0.4) is 0 Å². The van der Waals surface area contributed by atoms with E-state index in [-0.39, 0.29) is 17.2 Å². The van der Waals surface area contributed by atoms with Gasteiger partial charge in [0.15, 0.2) is 11.8 Å². The molecule has 4 aromatic rings. The first-order valence-corrected chi connectivity index (χ1v) is 8.79. The molecule has 0 fully saturated rings. The molecule has 0 aliphatic rings. The second-order valence-electron chi connectivity index (χ2n) is 5.97. The summed E-state index contributed by atoms with van der Waals surface area (Å²) in [6.45, 7) is 0. The lowest BCUT2D eigenvalue weighted by atomic mass is 10.1. The number of nitrogens with one attached hydrogen (secondary N) is 2. The van der Waals surface area contributed by atoms with Gasteiger partial charge in [0.2, 0.25) is 0 Å². The number of H-pyrrole nitrogens is 1. The molecule has 3 N–H and O–H groups in total. The van der Waals surface area contributed by atoms with Crippen LogP contribution in [0.25, 0.3) is 11.0 Å². The third-order valence-electron chi connectivity index (χ3n) is 4.05. The van der Waals surface area contributed by atoms with E-state index in [0.717, 1.165) is 0 Å². The Balaban J connectivity index is 1.83. The number of benzene rings is 2. The van der Waals surface area contributed by atoms with Crippen molar-refractivity contribution in [2.75, 3.05) is 5.43 Å². The van der Waals surface area contributed by atoms with Crippen molar-refractivity contribution in [2.45, 2.75) is 6.10 Å². The summed E-state index contributed by atoms with van der Waals surface area (Å²) in [5.74, 6) is 0.242. The Kier molecular flexibility index (Phi) is 4.92. The number of hydrogen-bond donors (Lipinski definition) is 3. The Morgan fingerprint density at radius 2 is 2.00 bits per heavy atom. The molecule has 7 nitrogen and oxygen atoms in total. The molecule has 2 heterocycles. The molecule has 0 aliphatic carbocycles. The lowest BCUT2D eigenvalue weighted by molar-refractivity contribution is 0.215. The van der Waals surface area contributed by atoms with Gasteiger partial charge in [-0.25, -0.2) is 4.98 Å². The lowest BCUT2D eigenvalue weighted by Crippen LogP contribution is -2.26. The van der Waals surface area contributed by atoms with Crippen LogP contribution in [-0.2, 0) is 0 Å². The number of para-hydroxylation sites is 1. The maximum absolute atomic E-state index is 12.7. The minimum atomic E-state index is -1.29. The molecule has 0 saturated heterocycles. The monoisotopic (exact) mass is 394 g/mol. The number of anilines is 1. The van der Waals surface area contributed by atoms with Crippen LogP contribution in [0, 0.1) is 0 Å². The van der Waals surface area contributed by atoms with E-state index in [1.54, 1.807) is 42.5 Å². The molecule has 0 saturated carbocycles. The van der Waals surface area contributed by atoms with Crippen molar-refractivity contribution >= 4 is 34.0 Å². The standard InChI is InChI=1S/C20H15ClN4O3/c21-12-8-9-14-15(11-12)23-20(27)18(22-14)17(19(26)16-7-4-10-28-16)25-24-13-5-2-1-3-6-13/h1-11,19,24,26H,(H,23,27)/b25-17-/t19-/m0/s1. The molecule has 0 radical (unpaired) electrons. The highest BCUT2D eigenvalue weighted by Gasteiger charge is 2.24. The molecule has 0 unspecified atom stereocenters. The zero-order valence-corrected chi connectivity index (χ0v) is 15.2. The molecule has 0 bridgehead atoms. The van der Waals surface area contributed by atoms with Crippen molar-refractivity contribution in [3.63, 3.8) is 0 Å². The highest BCUT2D eigenvalue weighted by Crippen LogP contribution is 2.20. The Labute approximate surface area is 164 Å². The van der Waals surface area contributed by atoms with Crippen LogP contribution in [0.4, 0.5) is 5.69 Å². The zero-order chi connectivity index (χ0) is 19.5. The van der Waals surface area contributed by atoms with Gasteiger partial charge in [0.1, 0.15) is 11.5 Å². The van der Waals surface area contributed by atoms with Crippen LogP contribution in [-0.4, -0.2) is 20.8 Å². The third kappa shape index (κ3) is 3.66. The summed E-state index contributed by atoms with van der Waals surface area (Å²) in [5.41, 5.74) is 4.03. The van der Waals surface area contributed by atoms with Crippen molar-refractivity contribution in [3.05, 3.63) is 93.8 Å². The summed E-state index contributed by atoms with van der Waals surface area (Å²) in [6, 6.07) is 17.3. The number of furan rings is 1. The van der Waals surface area contributed by atoms with Crippen LogP contribution < -0.4 is 11.0 Å². The first kappa shape index (κ1) is 18.0. The van der Waals surface area contributed by atoms with Gasteiger partial charge < -0.3 is 14.5 Å². The SMILES string of the molecule is O=c1[nH]c2cc(Cl)ccc2nc1/C(=N/Nc1ccccc1)[C@@H](O)c1ccco1. The van der Waals surface area contributed by atoms with Gasteiger partial charge in [0.05, 0.1) is 23.0 Å². The number of aromatic amines is 1. The summed E-state index contributed by atoms with van der Waals surface area (Å²) in [5, 5.41) is 15.5. The summed E-state index contributed by atoms with van der Waals surface area (Å²) >= 11 is 5.97. The minimum Gasteiger partial charge on any atom is -0.466 e. The van der Waals surface area contributed by atoms with Crippen molar-refractivity contribution in [1.82, 2.24) is 9.97 Å². The number of fused-ring (bicyclic) bond motifs is 1. The van der Waals surface area contributed by atoms with Crippen LogP contribution in [0.15, 0.2) is 81.2 Å².